The van der Waals surface area contributed by atoms with E-state index in [1.165, 1.54) is 7.11 Å². The molecular formula is C16H16ClNO2. The zero-order chi connectivity index (χ0) is 14.7. The molecule has 0 atom stereocenters. The number of ketones is 1. The van der Waals surface area contributed by atoms with Crippen LogP contribution < -0.4 is 9.64 Å². The van der Waals surface area contributed by atoms with Crippen LogP contribution >= 0.6 is 11.6 Å². The van der Waals surface area contributed by atoms with Crippen molar-refractivity contribution >= 4 is 23.1 Å². The molecule has 0 aromatic heterocycles. The molecule has 0 bridgehead atoms. The van der Waals surface area contributed by atoms with E-state index in [0.717, 1.165) is 5.69 Å². The first-order valence-electron chi connectivity index (χ1n) is 6.18. The number of carbonyl (C=O) groups is 1. The summed E-state index contributed by atoms with van der Waals surface area (Å²) in [6.45, 7) is 0. The van der Waals surface area contributed by atoms with Gasteiger partial charge in [-0.3, -0.25) is 4.79 Å². The third-order valence-electron chi connectivity index (χ3n) is 3.05. The molecule has 0 aliphatic carbocycles. The molecule has 20 heavy (non-hydrogen) atoms. The van der Waals surface area contributed by atoms with Gasteiger partial charge in [-0.1, -0.05) is 11.6 Å². The van der Waals surface area contributed by atoms with Crippen LogP contribution in [-0.2, 0) is 0 Å². The third kappa shape index (κ3) is 2.94. The van der Waals surface area contributed by atoms with E-state index in [-0.39, 0.29) is 5.78 Å². The number of nitrogens with zero attached hydrogens (tertiary/aromatic N) is 1. The van der Waals surface area contributed by atoms with E-state index in [0.29, 0.717) is 21.9 Å². The van der Waals surface area contributed by atoms with Crippen LogP contribution in [0.15, 0.2) is 42.5 Å². The van der Waals surface area contributed by atoms with Crippen LogP contribution in [0, 0.1) is 0 Å². The molecule has 0 amide bonds. The second-order valence-corrected chi connectivity index (χ2v) is 5.05. The number of hydrogen-bond acceptors (Lipinski definition) is 3. The lowest BCUT2D eigenvalue weighted by atomic mass is 10.0. The summed E-state index contributed by atoms with van der Waals surface area (Å²) < 4.78 is 5.22. The third-order valence-corrected chi connectivity index (χ3v) is 3.29. The molecule has 2 aromatic carbocycles. The van der Waals surface area contributed by atoms with Crippen molar-refractivity contribution in [3.8, 4) is 5.75 Å². The average Bonchev–Trinajstić information content (AvgIpc) is 2.46. The van der Waals surface area contributed by atoms with Gasteiger partial charge in [0.15, 0.2) is 5.78 Å². The summed E-state index contributed by atoms with van der Waals surface area (Å²) in [6, 6.07) is 12.4. The highest BCUT2D eigenvalue weighted by Crippen LogP contribution is 2.25. The van der Waals surface area contributed by atoms with Gasteiger partial charge in [0, 0.05) is 30.4 Å². The van der Waals surface area contributed by atoms with Crippen LogP contribution in [0.2, 0.25) is 5.02 Å². The lowest BCUT2D eigenvalue weighted by Gasteiger charge is -2.13. The summed E-state index contributed by atoms with van der Waals surface area (Å²) in [7, 11) is 5.45. The highest BCUT2D eigenvalue weighted by molar-refractivity contribution is 6.31. The molecule has 0 aliphatic heterocycles. The van der Waals surface area contributed by atoms with Crippen molar-refractivity contribution in [3.63, 3.8) is 0 Å². The molecule has 2 aromatic rings. The van der Waals surface area contributed by atoms with E-state index in [9.17, 15) is 4.79 Å². The molecule has 0 heterocycles. The van der Waals surface area contributed by atoms with Crippen molar-refractivity contribution in [2.45, 2.75) is 0 Å². The van der Waals surface area contributed by atoms with Crippen molar-refractivity contribution in [2.75, 3.05) is 26.1 Å². The number of hydrogen-bond donors (Lipinski definition) is 0. The Morgan fingerprint density at radius 1 is 1.10 bits per heavy atom. The molecule has 0 saturated carbocycles. The first kappa shape index (κ1) is 14.4. The molecule has 0 unspecified atom stereocenters. The second kappa shape index (κ2) is 5.97. The van der Waals surface area contributed by atoms with Crippen molar-refractivity contribution in [1.82, 2.24) is 0 Å². The molecule has 0 saturated heterocycles. The van der Waals surface area contributed by atoms with E-state index in [1.807, 2.05) is 31.1 Å². The van der Waals surface area contributed by atoms with Gasteiger partial charge in [-0.25, -0.2) is 0 Å². The maximum absolute atomic E-state index is 12.5. The summed E-state index contributed by atoms with van der Waals surface area (Å²) in [5.41, 5.74) is 2.12. The molecule has 2 rings (SSSR count). The minimum absolute atomic E-state index is 0.102. The maximum Gasteiger partial charge on any atom is 0.196 e. The lowest BCUT2D eigenvalue weighted by Crippen LogP contribution is -2.09. The van der Waals surface area contributed by atoms with Crippen LogP contribution in [0.1, 0.15) is 15.9 Å². The van der Waals surface area contributed by atoms with Crippen molar-refractivity contribution < 1.29 is 9.53 Å². The monoisotopic (exact) mass is 289 g/mol. The minimum Gasteiger partial charge on any atom is -0.496 e. The van der Waals surface area contributed by atoms with Gasteiger partial charge in [0.2, 0.25) is 0 Å². The van der Waals surface area contributed by atoms with Crippen LogP contribution in [0.3, 0.4) is 0 Å². The fourth-order valence-corrected chi connectivity index (χ4v) is 2.10. The van der Waals surface area contributed by atoms with Crippen molar-refractivity contribution in [3.05, 3.63) is 58.6 Å². The van der Waals surface area contributed by atoms with Gasteiger partial charge in [0.1, 0.15) is 5.75 Å². The number of rotatable bonds is 4. The van der Waals surface area contributed by atoms with Gasteiger partial charge in [-0.05, 0) is 42.5 Å². The summed E-state index contributed by atoms with van der Waals surface area (Å²) >= 11 is 5.96. The molecule has 0 fully saturated rings. The first-order valence-corrected chi connectivity index (χ1v) is 6.56. The molecular weight excluding hydrogens is 274 g/mol. The summed E-state index contributed by atoms with van der Waals surface area (Å²) in [5.74, 6) is 0.422. The summed E-state index contributed by atoms with van der Waals surface area (Å²) in [5, 5.41) is 0.513. The summed E-state index contributed by atoms with van der Waals surface area (Å²) in [6.07, 6.45) is 0. The average molecular weight is 290 g/mol. The predicted octanol–water partition coefficient (Wildman–Crippen LogP) is 3.65. The van der Waals surface area contributed by atoms with E-state index >= 15 is 0 Å². The van der Waals surface area contributed by atoms with Crippen LogP contribution in [0.4, 0.5) is 5.69 Å². The number of benzene rings is 2. The Bertz CT molecular complexity index is 621. The zero-order valence-electron chi connectivity index (χ0n) is 11.7. The van der Waals surface area contributed by atoms with E-state index in [1.54, 1.807) is 30.3 Å². The van der Waals surface area contributed by atoms with Crippen LogP contribution in [0.25, 0.3) is 0 Å². The highest BCUT2D eigenvalue weighted by atomic mass is 35.5. The van der Waals surface area contributed by atoms with E-state index in [2.05, 4.69) is 0 Å². The topological polar surface area (TPSA) is 29.5 Å². The number of methoxy groups -OCH3 is 1. The molecule has 0 radical (unpaired) electrons. The molecule has 3 nitrogen and oxygen atoms in total. The van der Waals surface area contributed by atoms with Crippen LogP contribution in [0.5, 0.6) is 5.75 Å². The number of ether oxygens (including phenoxy) is 1. The number of anilines is 1. The number of halogens is 1. The Morgan fingerprint density at radius 2 is 1.75 bits per heavy atom. The normalized spacial score (nSPS) is 10.2. The predicted molar refractivity (Wildman–Crippen MR) is 82.2 cm³/mol. The fraction of sp³-hybridized carbons (Fsp3) is 0.188. The molecule has 104 valence electrons. The number of carbonyl (C=O) groups excluding carboxylic acids is 1. The minimum atomic E-state index is -0.102. The van der Waals surface area contributed by atoms with E-state index < -0.39 is 0 Å². The Kier molecular flexibility index (Phi) is 4.30. The molecule has 0 spiro atoms. The second-order valence-electron chi connectivity index (χ2n) is 4.62. The Morgan fingerprint density at radius 3 is 2.30 bits per heavy atom. The largest absolute Gasteiger partial charge is 0.496 e. The van der Waals surface area contributed by atoms with Gasteiger partial charge in [0.25, 0.3) is 0 Å². The zero-order valence-corrected chi connectivity index (χ0v) is 12.4. The van der Waals surface area contributed by atoms with Crippen molar-refractivity contribution in [2.24, 2.45) is 0 Å². The smallest absolute Gasteiger partial charge is 0.196 e. The standard InChI is InChI=1S/C16H16ClNO2/c1-18(2)13-7-4-11(5-8-13)16(19)14-10-12(17)6-9-15(14)20-3/h4-10H,1-3H3. The van der Waals surface area contributed by atoms with Gasteiger partial charge in [0.05, 0.1) is 12.7 Å². The SMILES string of the molecule is COc1ccc(Cl)cc1C(=O)c1ccc(N(C)C)cc1. The quantitative estimate of drug-likeness (QED) is 0.805. The van der Waals surface area contributed by atoms with Gasteiger partial charge in [-0.2, -0.15) is 0 Å². The maximum atomic E-state index is 12.5. The Labute approximate surface area is 123 Å². The fourth-order valence-electron chi connectivity index (χ4n) is 1.92. The highest BCUT2D eigenvalue weighted by Gasteiger charge is 2.15. The molecule has 0 N–H and O–H groups in total. The first-order chi connectivity index (χ1) is 9.52. The van der Waals surface area contributed by atoms with Crippen LogP contribution in [-0.4, -0.2) is 27.0 Å². The van der Waals surface area contributed by atoms with Gasteiger partial charge in [-0.15, -0.1) is 0 Å². The molecule has 4 heteroatoms. The lowest BCUT2D eigenvalue weighted by molar-refractivity contribution is 0.103. The summed E-state index contributed by atoms with van der Waals surface area (Å²) in [4.78, 5) is 14.5. The Balaban J connectivity index is 2.38. The van der Waals surface area contributed by atoms with Crippen molar-refractivity contribution in [1.29, 1.82) is 0 Å². The van der Waals surface area contributed by atoms with Gasteiger partial charge >= 0.3 is 0 Å². The van der Waals surface area contributed by atoms with Gasteiger partial charge < -0.3 is 9.64 Å². The van der Waals surface area contributed by atoms with E-state index in [4.69, 9.17) is 16.3 Å². The molecule has 0 aliphatic rings. The Hall–Kier alpha value is -2.00.